The monoisotopic (exact) mass is 521 g/mol. The van der Waals surface area contributed by atoms with E-state index in [1.54, 1.807) is 7.11 Å². The topological polar surface area (TPSA) is 154 Å². The molecule has 38 heavy (non-hydrogen) atoms. The molecular formula is C28H39N7O3. The zero-order chi connectivity index (χ0) is 27.0. The van der Waals surface area contributed by atoms with E-state index in [-0.39, 0.29) is 5.41 Å². The molecule has 7 N–H and O–H groups in total. The molecule has 1 fully saturated rings. The van der Waals surface area contributed by atoms with Crippen LogP contribution in [0.15, 0.2) is 52.4 Å². The summed E-state index contributed by atoms with van der Waals surface area (Å²) in [5, 5.41) is 3.28. The summed E-state index contributed by atoms with van der Waals surface area (Å²) >= 11 is 0. The standard InChI is InChI=1S/C28H39N7O3/c1-37-17-20-7-8-23-26(22(20)15-32-24(9-12-29)27(31)36)38-18-28(23)10-13-35(14-11-28)16-25(30)34-19-33-21-5-3-2-4-6-21/h2-8,19,24,32H,9-18,29H2,1H3,(H2,31,36)(H2,30,33,34). The summed E-state index contributed by atoms with van der Waals surface area (Å²) in [7, 11) is 1.67. The summed E-state index contributed by atoms with van der Waals surface area (Å²) in [6.45, 7) is 4.31. The Morgan fingerprint density at radius 1 is 1.21 bits per heavy atom. The lowest BCUT2D eigenvalue weighted by Crippen LogP contribution is -2.46. The predicted molar refractivity (Wildman–Crippen MR) is 150 cm³/mol. The van der Waals surface area contributed by atoms with Crippen LogP contribution in [0.2, 0.25) is 0 Å². The third-order valence-corrected chi connectivity index (χ3v) is 7.43. The fourth-order valence-electron chi connectivity index (χ4n) is 5.27. The van der Waals surface area contributed by atoms with Crippen LogP contribution in [0.25, 0.3) is 0 Å². The Morgan fingerprint density at radius 3 is 2.66 bits per heavy atom. The summed E-state index contributed by atoms with van der Waals surface area (Å²) in [5.74, 6) is 1.03. The third kappa shape index (κ3) is 6.57. The van der Waals surface area contributed by atoms with Gasteiger partial charge in [-0.3, -0.25) is 9.69 Å². The van der Waals surface area contributed by atoms with E-state index in [1.165, 1.54) is 11.9 Å². The number of likely N-dealkylation sites (tertiary alicyclic amines) is 1. The summed E-state index contributed by atoms with van der Waals surface area (Å²) in [5.41, 5.74) is 21.5. The maximum atomic E-state index is 11.8. The van der Waals surface area contributed by atoms with Gasteiger partial charge >= 0.3 is 0 Å². The van der Waals surface area contributed by atoms with Gasteiger partial charge in [0.15, 0.2) is 0 Å². The Labute approximate surface area is 224 Å². The van der Waals surface area contributed by atoms with Gasteiger partial charge < -0.3 is 32.0 Å². The summed E-state index contributed by atoms with van der Waals surface area (Å²) in [4.78, 5) is 22.8. The molecule has 10 nitrogen and oxygen atoms in total. The van der Waals surface area contributed by atoms with Crippen molar-refractivity contribution in [2.75, 3.05) is 39.9 Å². The molecule has 2 aromatic carbocycles. The number of amides is 1. The molecule has 2 aromatic rings. The molecule has 1 amide bonds. The smallest absolute Gasteiger partial charge is 0.234 e. The first-order valence-corrected chi connectivity index (χ1v) is 13.1. The lowest BCUT2D eigenvalue weighted by molar-refractivity contribution is -0.120. The molecule has 204 valence electrons. The predicted octanol–water partition coefficient (Wildman–Crippen LogP) is 1.57. The van der Waals surface area contributed by atoms with Crippen molar-refractivity contribution in [1.82, 2.24) is 10.2 Å². The van der Waals surface area contributed by atoms with Gasteiger partial charge in [-0.15, -0.1) is 0 Å². The maximum absolute atomic E-state index is 11.8. The van der Waals surface area contributed by atoms with Crippen molar-refractivity contribution in [2.45, 2.75) is 43.9 Å². The Hall–Kier alpha value is -3.31. The van der Waals surface area contributed by atoms with Crippen LogP contribution >= 0.6 is 0 Å². The number of piperidine rings is 1. The highest BCUT2D eigenvalue weighted by atomic mass is 16.5. The molecular weight excluding hydrogens is 482 g/mol. The molecule has 10 heteroatoms. The van der Waals surface area contributed by atoms with Gasteiger partial charge in [-0.25, -0.2) is 9.98 Å². The van der Waals surface area contributed by atoms with E-state index in [9.17, 15) is 4.79 Å². The molecule has 0 bridgehead atoms. The molecule has 0 radical (unpaired) electrons. The van der Waals surface area contributed by atoms with Crippen LogP contribution in [-0.4, -0.2) is 68.9 Å². The quantitative estimate of drug-likeness (QED) is 0.244. The number of hydrogen-bond donors (Lipinski definition) is 4. The number of carbonyl (C=O) groups excluding carboxylic acids is 1. The number of nitrogens with zero attached hydrogens (tertiary/aromatic N) is 3. The number of ether oxygens (including phenoxy) is 2. The number of nitrogens with one attached hydrogen (secondary N) is 1. The van der Waals surface area contributed by atoms with E-state index < -0.39 is 11.9 Å². The lowest BCUT2D eigenvalue weighted by atomic mass is 9.73. The zero-order valence-corrected chi connectivity index (χ0v) is 22.1. The van der Waals surface area contributed by atoms with Crippen LogP contribution in [0, 0.1) is 0 Å². The van der Waals surface area contributed by atoms with Gasteiger partial charge in [0.2, 0.25) is 5.91 Å². The van der Waals surface area contributed by atoms with Crippen LogP contribution < -0.4 is 27.3 Å². The molecule has 1 spiro atoms. The minimum atomic E-state index is -0.491. The van der Waals surface area contributed by atoms with Gasteiger partial charge in [-0.2, -0.15) is 0 Å². The van der Waals surface area contributed by atoms with Crippen LogP contribution in [0.5, 0.6) is 5.75 Å². The molecule has 0 saturated carbocycles. The van der Waals surface area contributed by atoms with Crippen molar-refractivity contribution >= 4 is 23.8 Å². The number of aliphatic imine (C=N–C) groups is 2. The fraction of sp³-hybridized carbons (Fsp3) is 0.464. The van der Waals surface area contributed by atoms with Gasteiger partial charge in [0, 0.05) is 30.2 Å². The van der Waals surface area contributed by atoms with E-state index in [0.29, 0.717) is 45.1 Å². The number of nitrogens with two attached hydrogens (primary N) is 3. The molecule has 4 rings (SSSR count). The number of hydrogen-bond acceptors (Lipinski definition) is 7. The van der Waals surface area contributed by atoms with E-state index in [0.717, 1.165) is 48.5 Å². The molecule has 2 aliphatic rings. The Kier molecular flexibility index (Phi) is 9.46. The highest BCUT2D eigenvalue weighted by Crippen LogP contribution is 2.47. The molecule has 2 heterocycles. The second-order valence-corrected chi connectivity index (χ2v) is 9.97. The molecule has 1 saturated heterocycles. The van der Waals surface area contributed by atoms with Crippen molar-refractivity contribution < 1.29 is 14.3 Å². The first kappa shape index (κ1) is 27.7. The summed E-state index contributed by atoms with van der Waals surface area (Å²) in [6.07, 6.45) is 3.91. The fourth-order valence-corrected chi connectivity index (χ4v) is 5.27. The first-order chi connectivity index (χ1) is 18.5. The number of methoxy groups -OCH3 is 1. The zero-order valence-electron chi connectivity index (χ0n) is 22.1. The SMILES string of the molecule is COCc1ccc2c(c1CNC(CCN)C(N)=O)OCC21CCN(CC(N)=NC=Nc2ccccc2)CC1. The average Bonchev–Trinajstić information content (AvgIpc) is 3.27. The number of carbonyl (C=O) groups is 1. The summed E-state index contributed by atoms with van der Waals surface area (Å²) < 4.78 is 11.8. The van der Waals surface area contributed by atoms with Crippen LogP contribution in [0.1, 0.15) is 36.0 Å². The molecule has 2 aliphatic heterocycles. The highest BCUT2D eigenvalue weighted by molar-refractivity contribution is 5.89. The molecule has 0 aromatic heterocycles. The molecule has 0 aliphatic carbocycles. The number of primary amides is 1. The van der Waals surface area contributed by atoms with Crippen molar-refractivity contribution in [3.63, 3.8) is 0 Å². The number of amidine groups is 1. The Bertz CT molecular complexity index is 1140. The van der Waals surface area contributed by atoms with Gasteiger partial charge in [0.25, 0.3) is 0 Å². The van der Waals surface area contributed by atoms with E-state index >= 15 is 0 Å². The van der Waals surface area contributed by atoms with Gasteiger partial charge in [-0.05, 0) is 56.6 Å². The second-order valence-electron chi connectivity index (χ2n) is 9.97. The molecule has 1 unspecified atom stereocenters. The van der Waals surface area contributed by atoms with E-state index in [4.69, 9.17) is 26.7 Å². The van der Waals surface area contributed by atoms with Crippen molar-refractivity contribution in [3.05, 3.63) is 59.2 Å². The summed E-state index contributed by atoms with van der Waals surface area (Å²) in [6, 6.07) is 13.5. The van der Waals surface area contributed by atoms with Crippen molar-refractivity contribution in [2.24, 2.45) is 27.2 Å². The Morgan fingerprint density at radius 2 is 1.97 bits per heavy atom. The number of fused-ring (bicyclic) bond motifs is 2. The Balaban J connectivity index is 1.42. The van der Waals surface area contributed by atoms with E-state index in [1.807, 2.05) is 30.3 Å². The van der Waals surface area contributed by atoms with Crippen molar-refractivity contribution in [3.8, 4) is 5.75 Å². The average molecular weight is 522 g/mol. The number of benzene rings is 2. The second kappa shape index (κ2) is 13.0. The molecule has 1 atom stereocenters. The minimum Gasteiger partial charge on any atom is -0.492 e. The van der Waals surface area contributed by atoms with Crippen LogP contribution in [0.4, 0.5) is 5.69 Å². The van der Waals surface area contributed by atoms with Crippen LogP contribution in [0.3, 0.4) is 0 Å². The highest BCUT2D eigenvalue weighted by Gasteiger charge is 2.44. The first-order valence-electron chi connectivity index (χ1n) is 13.1. The maximum Gasteiger partial charge on any atom is 0.234 e. The van der Waals surface area contributed by atoms with Gasteiger partial charge in [0.05, 0.1) is 31.5 Å². The minimum absolute atomic E-state index is 0.0484. The number of para-hydroxylation sites is 1. The normalized spacial score (nSPS) is 18.0. The number of rotatable bonds is 12. The lowest BCUT2D eigenvalue weighted by Gasteiger charge is -2.38. The largest absolute Gasteiger partial charge is 0.492 e. The van der Waals surface area contributed by atoms with Crippen LogP contribution in [-0.2, 0) is 28.1 Å². The van der Waals surface area contributed by atoms with Gasteiger partial charge in [0.1, 0.15) is 17.9 Å². The van der Waals surface area contributed by atoms with E-state index in [2.05, 4.69) is 32.3 Å². The third-order valence-electron chi connectivity index (χ3n) is 7.43. The van der Waals surface area contributed by atoms with Gasteiger partial charge in [-0.1, -0.05) is 30.3 Å². The van der Waals surface area contributed by atoms with Crippen molar-refractivity contribution in [1.29, 1.82) is 0 Å².